The topological polar surface area (TPSA) is 114 Å². The van der Waals surface area contributed by atoms with Crippen molar-refractivity contribution in [2.24, 2.45) is 5.73 Å². The van der Waals surface area contributed by atoms with E-state index >= 15 is 0 Å². The molecular weight excluding hydrogens is 298 g/mol. The van der Waals surface area contributed by atoms with E-state index in [0.717, 1.165) is 26.2 Å². The number of hydrogen-bond donors (Lipinski definition) is 3. The van der Waals surface area contributed by atoms with Crippen molar-refractivity contribution in [3.05, 3.63) is 33.4 Å². The van der Waals surface area contributed by atoms with Crippen molar-refractivity contribution in [1.82, 2.24) is 10.2 Å². The Morgan fingerprint density at radius 1 is 1.48 bits per heavy atom. The highest BCUT2D eigenvalue weighted by molar-refractivity contribution is 5.99. The fraction of sp³-hybridized carbons (Fsp3) is 0.400. The van der Waals surface area contributed by atoms with Crippen molar-refractivity contribution in [1.29, 1.82) is 0 Å². The highest BCUT2D eigenvalue weighted by atomic mass is 16.6. The van der Waals surface area contributed by atoms with Crippen molar-refractivity contribution < 1.29 is 9.72 Å². The summed E-state index contributed by atoms with van der Waals surface area (Å²) in [4.78, 5) is 24.2. The van der Waals surface area contributed by atoms with Crippen LogP contribution in [-0.2, 0) is 0 Å². The second-order valence-electron chi connectivity index (χ2n) is 5.11. The first-order chi connectivity index (χ1) is 11.0. The van der Waals surface area contributed by atoms with E-state index in [9.17, 15) is 14.9 Å². The van der Waals surface area contributed by atoms with Gasteiger partial charge in [0.2, 0.25) is 0 Å². The van der Waals surface area contributed by atoms with Crippen LogP contribution in [0.15, 0.2) is 12.1 Å². The second-order valence-corrected chi connectivity index (χ2v) is 5.11. The van der Waals surface area contributed by atoms with E-state index in [4.69, 9.17) is 5.73 Å². The lowest BCUT2D eigenvalue weighted by molar-refractivity contribution is -0.385. The fourth-order valence-corrected chi connectivity index (χ4v) is 2.37. The number of carbonyl (C=O) groups excluding carboxylic acids is 1. The number of nitrogens with two attached hydrogens (primary N) is 1. The molecule has 1 aromatic carbocycles. The van der Waals surface area contributed by atoms with Crippen LogP contribution in [0.5, 0.6) is 0 Å². The number of anilines is 1. The van der Waals surface area contributed by atoms with Crippen molar-refractivity contribution in [3.63, 3.8) is 0 Å². The zero-order chi connectivity index (χ0) is 16.8. The number of piperazine rings is 1. The first kappa shape index (κ1) is 16.7. The summed E-state index contributed by atoms with van der Waals surface area (Å²) in [5, 5.41) is 17.3. The van der Waals surface area contributed by atoms with E-state index in [0.29, 0.717) is 12.2 Å². The lowest BCUT2D eigenvalue weighted by Crippen LogP contribution is -2.43. The monoisotopic (exact) mass is 317 g/mol. The molecular formula is C15H19N5O3. The zero-order valence-corrected chi connectivity index (χ0v) is 12.9. The zero-order valence-electron chi connectivity index (χ0n) is 12.9. The number of benzene rings is 1. The number of primary amides is 1. The van der Waals surface area contributed by atoms with Gasteiger partial charge in [-0.05, 0) is 6.07 Å². The molecule has 2 rings (SSSR count). The normalized spacial score (nSPS) is 14.7. The molecule has 0 radical (unpaired) electrons. The molecule has 0 atom stereocenters. The Morgan fingerprint density at radius 2 is 2.17 bits per heavy atom. The average molecular weight is 317 g/mol. The standard InChI is InChI=1S/C15H19N5O3/c1-17-13-9-11(3-2-6-19-7-4-18-5-8-19)14(20(22)23)10-12(13)15(16)21/h9-10,17-18H,4-8H2,1H3,(H2,16,21). The van der Waals surface area contributed by atoms with Gasteiger partial charge < -0.3 is 16.4 Å². The molecule has 1 aromatic rings. The summed E-state index contributed by atoms with van der Waals surface area (Å²) in [5.41, 5.74) is 5.80. The number of amides is 1. The maximum absolute atomic E-state index is 11.4. The highest BCUT2D eigenvalue weighted by Crippen LogP contribution is 2.26. The van der Waals surface area contributed by atoms with Crippen molar-refractivity contribution in [2.75, 3.05) is 45.1 Å². The van der Waals surface area contributed by atoms with Crippen molar-refractivity contribution >= 4 is 17.3 Å². The number of carbonyl (C=O) groups is 1. The first-order valence-electron chi connectivity index (χ1n) is 7.25. The van der Waals surface area contributed by atoms with Gasteiger partial charge in [-0.1, -0.05) is 11.8 Å². The van der Waals surface area contributed by atoms with Gasteiger partial charge >= 0.3 is 0 Å². The molecule has 23 heavy (non-hydrogen) atoms. The van der Waals surface area contributed by atoms with Crippen LogP contribution in [0.3, 0.4) is 0 Å². The summed E-state index contributed by atoms with van der Waals surface area (Å²) in [6, 6.07) is 2.66. The molecule has 1 heterocycles. The van der Waals surface area contributed by atoms with Crippen molar-refractivity contribution in [2.45, 2.75) is 0 Å². The largest absolute Gasteiger partial charge is 0.387 e. The first-order valence-corrected chi connectivity index (χ1v) is 7.25. The Bertz CT molecular complexity index is 672. The minimum atomic E-state index is -0.724. The van der Waals surface area contributed by atoms with E-state index < -0.39 is 10.8 Å². The van der Waals surface area contributed by atoms with Crippen LogP contribution in [0.4, 0.5) is 11.4 Å². The minimum absolute atomic E-state index is 0.0758. The summed E-state index contributed by atoms with van der Waals surface area (Å²) in [5.74, 6) is 5.08. The molecule has 8 heteroatoms. The van der Waals surface area contributed by atoms with E-state index in [-0.39, 0.29) is 16.8 Å². The molecule has 1 aliphatic rings. The van der Waals surface area contributed by atoms with E-state index in [1.54, 1.807) is 7.05 Å². The molecule has 0 spiro atoms. The summed E-state index contributed by atoms with van der Waals surface area (Å²) < 4.78 is 0. The van der Waals surface area contributed by atoms with E-state index in [1.807, 2.05) is 0 Å². The summed E-state index contributed by atoms with van der Waals surface area (Å²) in [6.45, 7) is 4.18. The maximum atomic E-state index is 11.4. The quantitative estimate of drug-likeness (QED) is 0.409. The van der Waals surface area contributed by atoms with Crippen LogP contribution in [0.2, 0.25) is 0 Å². The van der Waals surface area contributed by atoms with Crippen LogP contribution in [0.1, 0.15) is 15.9 Å². The number of nitro benzene ring substituents is 1. The molecule has 1 saturated heterocycles. The Labute approximate surface area is 134 Å². The van der Waals surface area contributed by atoms with Crippen LogP contribution in [-0.4, -0.2) is 55.5 Å². The van der Waals surface area contributed by atoms with Gasteiger partial charge in [0.05, 0.1) is 17.0 Å². The molecule has 0 aliphatic carbocycles. The molecule has 0 aromatic heterocycles. The minimum Gasteiger partial charge on any atom is -0.387 e. The Morgan fingerprint density at radius 3 is 2.74 bits per heavy atom. The van der Waals surface area contributed by atoms with Gasteiger partial charge in [0.25, 0.3) is 11.6 Å². The third kappa shape index (κ3) is 4.18. The van der Waals surface area contributed by atoms with Gasteiger partial charge in [-0.2, -0.15) is 0 Å². The average Bonchev–Trinajstić information content (AvgIpc) is 2.54. The molecule has 0 unspecified atom stereocenters. The molecule has 0 saturated carbocycles. The van der Waals surface area contributed by atoms with Gasteiger partial charge in [-0.15, -0.1) is 0 Å². The Kier molecular flexibility index (Phi) is 5.51. The molecule has 0 bridgehead atoms. The number of rotatable bonds is 4. The molecule has 1 fully saturated rings. The summed E-state index contributed by atoms with van der Waals surface area (Å²) >= 11 is 0. The van der Waals surface area contributed by atoms with Gasteiger partial charge in [0.15, 0.2) is 0 Å². The Balaban J connectivity index is 2.29. The van der Waals surface area contributed by atoms with Gasteiger partial charge in [-0.25, -0.2) is 0 Å². The fourth-order valence-electron chi connectivity index (χ4n) is 2.37. The lowest BCUT2D eigenvalue weighted by Gasteiger charge is -2.24. The predicted octanol–water partition coefficient (Wildman–Crippen LogP) is -0.00790. The lowest BCUT2D eigenvalue weighted by atomic mass is 10.1. The smallest absolute Gasteiger partial charge is 0.285 e. The van der Waals surface area contributed by atoms with Crippen LogP contribution < -0.4 is 16.4 Å². The maximum Gasteiger partial charge on any atom is 0.285 e. The number of hydrogen-bond acceptors (Lipinski definition) is 6. The van der Waals surface area contributed by atoms with Crippen LogP contribution >= 0.6 is 0 Å². The third-order valence-electron chi connectivity index (χ3n) is 3.60. The second kappa shape index (κ2) is 7.58. The summed E-state index contributed by atoms with van der Waals surface area (Å²) in [6.07, 6.45) is 0. The predicted molar refractivity (Wildman–Crippen MR) is 87.3 cm³/mol. The van der Waals surface area contributed by atoms with Crippen molar-refractivity contribution in [3.8, 4) is 11.8 Å². The van der Waals surface area contributed by atoms with Crippen LogP contribution in [0.25, 0.3) is 0 Å². The van der Waals surface area contributed by atoms with Gasteiger partial charge in [0, 0.05) is 45.0 Å². The van der Waals surface area contributed by atoms with Crippen LogP contribution in [0, 0.1) is 22.0 Å². The molecule has 1 aliphatic heterocycles. The molecule has 122 valence electrons. The SMILES string of the molecule is CNc1cc(C#CCN2CCNCC2)c([N+](=O)[O-])cc1C(N)=O. The third-order valence-corrected chi connectivity index (χ3v) is 3.60. The number of nitrogens with one attached hydrogen (secondary N) is 2. The van der Waals surface area contributed by atoms with Gasteiger partial charge in [0.1, 0.15) is 5.56 Å². The Hall–Kier alpha value is -2.63. The highest BCUT2D eigenvalue weighted by Gasteiger charge is 2.19. The number of nitrogens with zero attached hydrogens (tertiary/aromatic N) is 2. The molecule has 1 amide bonds. The summed E-state index contributed by atoms with van der Waals surface area (Å²) in [7, 11) is 1.62. The van der Waals surface area contributed by atoms with E-state index in [2.05, 4.69) is 27.4 Å². The molecule has 4 N–H and O–H groups in total. The number of nitro groups is 1. The molecule has 8 nitrogen and oxygen atoms in total. The van der Waals surface area contributed by atoms with Gasteiger partial charge in [-0.3, -0.25) is 19.8 Å². The van der Waals surface area contributed by atoms with E-state index in [1.165, 1.54) is 12.1 Å².